The normalized spacial score (nSPS) is 16.3. The fraction of sp³-hybridized carbons (Fsp3) is 0.412. The Labute approximate surface area is 154 Å². The largest absolute Gasteiger partial charge is 0.475 e. The van der Waals surface area contributed by atoms with Crippen LogP contribution >= 0.6 is 11.3 Å². The molecule has 0 spiro atoms. The minimum absolute atomic E-state index is 0.110. The number of thiazole rings is 1. The van der Waals surface area contributed by atoms with Crippen LogP contribution in [0.5, 0.6) is 5.88 Å². The monoisotopic (exact) mass is 377 g/mol. The highest BCUT2D eigenvalue weighted by molar-refractivity contribution is 7.14. The number of ether oxygens (including phenoxy) is 3. The van der Waals surface area contributed by atoms with Crippen molar-refractivity contribution in [2.45, 2.75) is 25.9 Å². The van der Waals surface area contributed by atoms with E-state index in [9.17, 15) is 9.59 Å². The third-order valence-corrected chi connectivity index (χ3v) is 4.41. The molecule has 0 bridgehead atoms. The zero-order valence-corrected chi connectivity index (χ0v) is 15.1. The van der Waals surface area contributed by atoms with Gasteiger partial charge in [0.05, 0.1) is 18.3 Å². The number of anilines is 1. The van der Waals surface area contributed by atoms with Crippen LogP contribution in [0.4, 0.5) is 5.13 Å². The average molecular weight is 377 g/mol. The molecule has 1 N–H and O–H groups in total. The Morgan fingerprint density at radius 1 is 1.42 bits per heavy atom. The second kappa shape index (κ2) is 8.72. The number of nitrogens with zero attached hydrogens (tertiary/aromatic N) is 2. The number of hydrogen-bond donors (Lipinski definition) is 1. The zero-order valence-electron chi connectivity index (χ0n) is 14.3. The topological polar surface area (TPSA) is 99.6 Å². The summed E-state index contributed by atoms with van der Waals surface area (Å²) in [6.45, 7) is 3.21. The SMILES string of the molecule is CCOC(=O)c1csc(NC(=O)c2ccc(OC[C@H]3CCCO3)nc2)n1. The molecule has 1 saturated heterocycles. The lowest BCUT2D eigenvalue weighted by atomic mass is 10.2. The third kappa shape index (κ3) is 4.77. The first-order valence-corrected chi connectivity index (χ1v) is 9.18. The molecule has 8 nitrogen and oxygen atoms in total. The van der Waals surface area contributed by atoms with Gasteiger partial charge in [-0.3, -0.25) is 10.1 Å². The first-order chi connectivity index (χ1) is 12.7. The van der Waals surface area contributed by atoms with Gasteiger partial charge in [-0.25, -0.2) is 14.8 Å². The van der Waals surface area contributed by atoms with Crippen molar-refractivity contribution in [3.8, 4) is 5.88 Å². The van der Waals surface area contributed by atoms with Crippen LogP contribution in [0, 0.1) is 0 Å². The number of aromatic nitrogens is 2. The summed E-state index contributed by atoms with van der Waals surface area (Å²) in [5.74, 6) is -0.442. The molecule has 2 aromatic heterocycles. The number of carbonyl (C=O) groups is 2. The van der Waals surface area contributed by atoms with Crippen LogP contribution in [0.25, 0.3) is 0 Å². The number of amides is 1. The van der Waals surface area contributed by atoms with Gasteiger partial charge < -0.3 is 14.2 Å². The Balaban J connectivity index is 1.53. The standard InChI is InChI=1S/C17H19N3O5S/c1-2-23-16(22)13-10-26-17(19-13)20-15(21)11-5-6-14(18-8-11)25-9-12-4-3-7-24-12/h5-6,8,10,12H,2-4,7,9H2,1H3,(H,19,20,21)/t12-/m1/s1. The van der Waals surface area contributed by atoms with Gasteiger partial charge in [-0.05, 0) is 25.8 Å². The van der Waals surface area contributed by atoms with Crippen LogP contribution in [-0.2, 0) is 9.47 Å². The first kappa shape index (κ1) is 18.3. The van der Waals surface area contributed by atoms with Crippen molar-refractivity contribution in [2.24, 2.45) is 0 Å². The summed E-state index contributed by atoms with van der Waals surface area (Å²) < 4.78 is 15.9. The number of pyridine rings is 1. The summed E-state index contributed by atoms with van der Waals surface area (Å²) in [6, 6.07) is 3.25. The minimum atomic E-state index is -0.515. The molecule has 0 saturated carbocycles. The number of esters is 1. The Hall–Kier alpha value is -2.52. The van der Waals surface area contributed by atoms with Crippen molar-refractivity contribution < 1.29 is 23.8 Å². The van der Waals surface area contributed by atoms with Crippen molar-refractivity contribution in [1.82, 2.24) is 9.97 Å². The van der Waals surface area contributed by atoms with E-state index in [1.807, 2.05) is 0 Å². The Bertz CT molecular complexity index is 756. The number of nitrogens with one attached hydrogen (secondary N) is 1. The molecule has 2 aromatic rings. The van der Waals surface area contributed by atoms with E-state index in [-0.39, 0.29) is 24.3 Å². The predicted molar refractivity (Wildman–Crippen MR) is 94.7 cm³/mol. The summed E-state index contributed by atoms with van der Waals surface area (Å²) in [5, 5.41) is 4.48. The number of hydrogen-bond acceptors (Lipinski definition) is 8. The van der Waals surface area contributed by atoms with Crippen LogP contribution in [0.3, 0.4) is 0 Å². The Morgan fingerprint density at radius 3 is 3.00 bits per heavy atom. The second-order valence-electron chi connectivity index (χ2n) is 5.54. The van der Waals surface area contributed by atoms with E-state index >= 15 is 0 Å². The molecule has 0 aliphatic carbocycles. The summed E-state index contributed by atoms with van der Waals surface area (Å²) in [6.07, 6.45) is 3.58. The molecule has 9 heteroatoms. The lowest BCUT2D eigenvalue weighted by Crippen LogP contribution is -2.17. The van der Waals surface area contributed by atoms with E-state index < -0.39 is 5.97 Å². The smallest absolute Gasteiger partial charge is 0.357 e. The molecule has 1 atom stereocenters. The maximum atomic E-state index is 12.2. The summed E-state index contributed by atoms with van der Waals surface area (Å²) in [4.78, 5) is 32.0. The van der Waals surface area contributed by atoms with Gasteiger partial charge in [-0.1, -0.05) is 0 Å². The van der Waals surface area contributed by atoms with Gasteiger partial charge in [-0.15, -0.1) is 11.3 Å². The molecule has 3 rings (SSSR count). The summed E-state index contributed by atoms with van der Waals surface area (Å²) in [7, 11) is 0. The van der Waals surface area contributed by atoms with Crippen molar-refractivity contribution in [3.05, 3.63) is 35.0 Å². The first-order valence-electron chi connectivity index (χ1n) is 8.30. The molecular weight excluding hydrogens is 358 g/mol. The molecule has 1 fully saturated rings. The van der Waals surface area contributed by atoms with Gasteiger partial charge in [0.2, 0.25) is 5.88 Å². The molecule has 0 radical (unpaired) electrons. The Morgan fingerprint density at radius 2 is 2.31 bits per heavy atom. The molecular formula is C17H19N3O5S. The van der Waals surface area contributed by atoms with Gasteiger partial charge in [0.1, 0.15) is 6.61 Å². The highest BCUT2D eigenvalue weighted by Gasteiger charge is 2.17. The fourth-order valence-corrected chi connectivity index (χ4v) is 3.03. The van der Waals surface area contributed by atoms with E-state index in [1.165, 1.54) is 11.6 Å². The van der Waals surface area contributed by atoms with Crippen LogP contribution in [0.15, 0.2) is 23.7 Å². The van der Waals surface area contributed by atoms with E-state index in [2.05, 4.69) is 15.3 Å². The van der Waals surface area contributed by atoms with Crippen LogP contribution in [-0.4, -0.2) is 47.8 Å². The highest BCUT2D eigenvalue weighted by atomic mass is 32.1. The Kier molecular flexibility index (Phi) is 6.13. The third-order valence-electron chi connectivity index (χ3n) is 3.65. The van der Waals surface area contributed by atoms with E-state index in [0.29, 0.717) is 23.2 Å². The lowest BCUT2D eigenvalue weighted by Gasteiger charge is -2.10. The molecule has 26 heavy (non-hydrogen) atoms. The van der Waals surface area contributed by atoms with Gasteiger partial charge in [0, 0.05) is 24.3 Å². The summed E-state index contributed by atoms with van der Waals surface area (Å²) in [5.41, 5.74) is 0.533. The zero-order chi connectivity index (χ0) is 18.4. The second-order valence-corrected chi connectivity index (χ2v) is 6.40. The van der Waals surface area contributed by atoms with Gasteiger partial charge in [0.15, 0.2) is 10.8 Å². The van der Waals surface area contributed by atoms with Crippen LogP contribution < -0.4 is 10.1 Å². The average Bonchev–Trinajstić information content (AvgIpc) is 3.32. The number of rotatable bonds is 7. The molecule has 138 valence electrons. The maximum Gasteiger partial charge on any atom is 0.357 e. The molecule has 0 aromatic carbocycles. The quantitative estimate of drug-likeness (QED) is 0.740. The minimum Gasteiger partial charge on any atom is -0.475 e. The predicted octanol–water partition coefficient (Wildman–Crippen LogP) is 2.52. The van der Waals surface area contributed by atoms with Crippen molar-refractivity contribution in [2.75, 3.05) is 25.1 Å². The van der Waals surface area contributed by atoms with Crippen LogP contribution in [0.1, 0.15) is 40.6 Å². The fourth-order valence-electron chi connectivity index (χ4n) is 2.35. The van der Waals surface area contributed by atoms with Gasteiger partial charge >= 0.3 is 5.97 Å². The molecule has 1 aliphatic rings. The molecule has 0 unspecified atom stereocenters. The lowest BCUT2D eigenvalue weighted by molar-refractivity contribution is 0.0520. The maximum absolute atomic E-state index is 12.2. The van der Waals surface area contributed by atoms with E-state index in [0.717, 1.165) is 30.8 Å². The van der Waals surface area contributed by atoms with Crippen LogP contribution in [0.2, 0.25) is 0 Å². The molecule has 1 aliphatic heterocycles. The van der Waals surface area contributed by atoms with Crippen molar-refractivity contribution >= 4 is 28.3 Å². The number of carbonyl (C=O) groups excluding carboxylic acids is 2. The van der Waals surface area contributed by atoms with E-state index in [4.69, 9.17) is 14.2 Å². The molecule has 3 heterocycles. The van der Waals surface area contributed by atoms with Crippen molar-refractivity contribution in [1.29, 1.82) is 0 Å². The summed E-state index contributed by atoms with van der Waals surface area (Å²) >= 11 is 1.15. The molecule has 1 amide bonds. The van der Waals surface area contributed by atoms with Gasteiger partial charge in [-0.2, -0.15) is 0 Å². The van der Waals surface area contributed by atoms with Gasteiger partial charge in [0.25, 0.3) is 5.91 Å². The highest BCUT2D eigenvalue weighted by Crippen LogP contribution is 2.18. The van der Waals surface area contributed by atoms with E-state index in [1.54, 1.807) is 19.1 Å². The van der Waals surface area contributed by atoms with Crippen molar-refractivity contribution in [3.63, 3.8) is 0 Å².